The van der Waals surface area contributed by atoms with E-state index in [2.05, 4.69) is 4.98 Å². The van der Waals surface area contributed by atoms with Gasteiger partial charge in [0.25, 0.3) is 0 Å². The fraction of sp³-hybridized carbons (Fsp3) is 0.333. The van der Waals surface area contributed by atoms with Gasteiger partial charge in [-0.05, 0) is 24.6 Å². The Bertz CT molecular complexity index is 1150. The summed E-state index contributed by atoms with van der Waals surface area (Å²) in [6, 6.07) is 14.7. The number of rotatable bonds is 5. The summed E-state index contributed by atoms with van der Waals surface area (Å²) in [6.07, 6.45) is 0.444. The van der Waals surface area contributed by atoms with E-state index < -0.39 is 12.1 Å². The highest BCUT2D eigenvalue weighted by molar-refractivity contribution is 5.97. The highest BCUT2D eigenvalue weighted by Crippen LogP contribution is 2.44. The number of carbonyl (C=O) groups is 2. The number of piperazine rings is 1. The van der Waals surface area contributed by atoms with Crippen molar-refractivity contribution in [2.45, 2.75) is 25.4 Å². The summed E-state index contributed by atoms with van der Waals surface area (Å²) in [7, 11) is 0. The zero-order chi connectivity index (χ0) is 21.5. The molecule has 0 radical (unpaired) electrons. The third-order valence-electron chi connectivity index (χ3n) is 6.23. The first-order chi connectivity index (χ1) is 15.1. The maximum atomic E-state index is 13.3. The molecule has 5 rings (SSSR count). The maximum absolute atomic E-state index is 13.3. The minimum atomic E-state index is -0.612. The number of benzene rings is 2. The molecular weight excluding hydrogens is 394 g/mol. The van der Waals surface area contributed by atoms with E-state index >= 15 is 0 Å². The summed E-state index contributed by atoms with van der Waals surface area (Å²) in [5.74, 6) is 0.459. The van der Waals surface area contributed by atoms with Crippen LogP contribution in [0.5, 0.6) is 5.75 Å². The van der Waals surface area contributed by atoms with Gasteiger partial charge in [0, 0.05) is 35.1 Å². The average Bonchev–Trinajstić information content (AvgIpc) is 3.15. The molecule has 0 bridgehead atoms. The van der Waals surface area contributed by atoms with E-state index in [1.54, 1.807) is 4.90 Å². The maximum Gasteiger partial charge on any atom is 0.246 e. The second-order valence-electron chi connectivity index (χ2n) is 7.94. The molecule has 2 amide bonds. The van der Waals surface area contributed by atoms with Crippen LogP contribution < -0.4 is 4.74 Å². The van der Waals surface area contributed by atoms with Gasteiger partial charge < -0.3 is 24.6 Å². The van der Waals surface area contributed by atoms with Crippen LogP contribution in [0, 0.1) is 0 Å². The molecule has 7 heteroatoms. The van der Waals surface area contributed by atoms with Crippen molar-refractivity contribution < 1.29 is 19.4 Å². The molecule has 2 aliphatic rings. The molecule has 2 aliphatic heterocycles. The van der Waals surface area contributed by atoms with Gasteiger partial charge in [0.15, 0.2) is 0 Å². The first-order valence-corrected chi connectivity index (χ1v) is 10.7. The molecule has 31 heavy (non-hydrogen) atoms. The fourth-order valence-electron chi connectivity index (χ4n) is 4.95. The number of carbonyl (C=O) groups excluding carboxylic acids is 2. The van der Waals surface area contributed by atoms with Gasteiger partial charge in [-0.1, -0.05) is 36.4 Å². The Morgan fingerprint density at radius 2 is 1.90 bits per heavy atom. The number of ether oxygens (including phenoxy) is 1. The Morgan fingerprint density at radius 3 is 2.71 bits per heavy atom. The topological polar surface area (TPSA) is 85.9 Å². The lowest BCUT2D eigenvalue weighted by atomic mass is 9.86. The summed E-state index contributed by atoms with van der Waals surface area (Å²) >= 11 is 0. The number of amides is 2. The van der Waals surface area contributed by atoms with Crippen molar-refractivity contribution in [2.75, 3.05) is 26.3 Å². The summed E-state index contributed by atoms with van der Waals surface area (Å²) in [4.78, 5) is 33.4. The number of nitrogens with one attached hydrogen (secondary N) is 1. The van der Waals surface area contributed by atoms with Crippen LogP contribution in [0.3, 0.4) is 0 Å². The summed E-state index contributed by atoms with van der Waals surface area (Å²) < 4.78 is 5.90. The highest BCUT2D eigenvalue weighted by atomic mass is 16.5. The molecule has 1 aromatic heterocycles. The van der Waals surface area contributed by atoms with Crippen LogP contribution in [-0.4, -0.2) is 64.0 Å². The average molecular weight is 419 g/mol. The third kappa shape index (κ3) is 3.08. The van der Waals surface area contributed by atoms with E-state index in [9.17, 15) is 14.7 Å². The van der Waals surface area contributed by atoms with Crippen LogP contribution in [0.1, 0.15) is 29.8 Å². The molecule has 2 atom stereocenters. The normalized spacial score (nSPS) is 20.7. The molecule has 3 heterocycles. The molecule has 3 aromatic rings. The van der Waals surface area contributed by atoms with E-state index in [4.69, 9.17) is 4.74 Å². The number of aromatic amines is 1. The smallest absolute Gasteiger partial charge is 0.246 e. The Labute approximate surface area is 180 Å². The van der Waals surface area contributed by atoms with Gasteiger partial charge in [0.1, 0.15) is 17.8 Å². The zero-order valence-electron chi connectivity index (χ0n) is 17.4. The number of aliphatic hydroxyl groups excluding tert-OH is 1. The number of β-amino-alcohol motifs (C(OH)–C–C–N with tert-alkyl or cyclic N) is 1. The molecule has 0 aliphatic carbocycles. The zero-order valence-corrected chi connectivity index (χ0v) is 17.4. The SMILES string of the molecule is CCOc1ccccc1[C@H]1c2[nH]c3ccccc3c2C[C@H]2C(=O)N(CCO)CC(=O)N12. The second-order valence-corrected chi connectivity index (χ2v) is 7.94. The van der Waals surface area contributed by atoms with Gasteiger partial charge in [-0.25, -0.2) is 0 Å². The number of hydrogen-bond acceptors (Lipinski definition) is 4. The third-order valence-corrected chi connectivity index (χ3v) is 6.23. The van der Waals surface area contributed by atoms with Gasteiger partial charge in [-0.3, -0.25) is 9.59 Å². The number of fused-ring (bicyclic) bond motifs is 4. The molecular formula is C24H25N3O4. The number of aliphatic hydroxyl groups is 1. The first kappa shape index (κ1) is 19.6. The van der Waals surface area contributed by atoms with E-state index in [1.165, 1.54) is 4.90 Å². The van der Waals surface area contributed by atoms with Crippen LogP contribution in [-0.2, 0) is 16.0 Å². The fourth-order valence-corrected chi connectivity index (χ4v) is 4.95. The van der Waals surface area contributed by atoms with Gasteiger partial charge >= 0.3 is 0 Å². The summed E-state index contributed by atoms with van der Waals surface area (Å²) in [5.41, 5.74) is 3.83. The van der Waals surface area contributed by atoms with Gasteiger partial charge in [-0.15, -0.1) is 0 Å². The standard InChI is InChI=1S/C24H25N3O4/c1-2-31-20-10-6-4-8-16(20)23-22-17(15-7-3-5-9-18(15)25-22)13-19-24(30)26(11-12-28)14-21(29)27(19)23/h3-10,19,23,25,28H,2,11-14H2,1H3/t19-,23-/m0/s1. The van der Waals surface area contributed by atoms with Crippen molar-refractivity contribution >= 4 is 22.7 Å². The van der Waals surface area contributed by atoms with Crippen LogP contribution in [0.2, 0.25) is 0 Å². The monoisotopic (exact) mass is 419 g/mol. The Morgan fingerprint density at radius 1 is 1.13 bits per heavy atom. The van der Waals surface area contributed by atoms with E-state index in [-0.39, 0.29) is 31.5 Å². The summed E-state index contributed by atoms with van der Waals surface area (Å²) in [5, 5.41) is 10.4. The van der Waals surface area contributed by atoms with E-state index in [0.717, 1.165) is 27.7 Å². The lowest BCUT2D eigenvalue weighted by Crippen LogP contribution is -2.63. The predicted molar refractivity (Wildman–Crippen MR) is 116 cm³/mol. The molecule has 2 aromatic carbocycles. The Balaban J connectivity index is 1.72. The van der Waals surface area contributed by atoms with Crippen molar-refractivity contribution in [3.8, 4) is 5.75 Å². The molecule has 1 fully saturated rings. The molecule has 2 N–H and O–H groups in total. The number of para-hydroxylation sites is 2. The molecule has 7 nitrogen and oxygen atoms in total. The number of H-pyrrole nitrogens is 1. The lowest BCUT2D eigenvalue weighted by Gasteiger charge is -2.47. The van der Waals surface area contributed by atoms with Crippen LogP contribution in [0.15, 0.2) is 48.5 Å². The van der Waals surface area contributed by atoms with Crippen molar-refractivity contribution in [3.63, 3.8) is 0 Å². The molecule has 0 spiro atoms. The molecule has 0 saturated carbocycles. The predicted octanol–water partition coefficient (Wildman–Crippen LogP) is 2.24. The molecule has 1 saturated heterocycles. The quantitative estimate of drug-likeness (QED) is 0.664. The van der Waals surface area contributed by atoms with Crippen LogP contribution in [0.25, 0.3) is 10.9 Å². The number of aromatic nitrogens is 1. The van der Waals surface area contributed by atoms with Crippen molar-refractivity contribution in [2.24, 2.45) is 0 Å². The van der Waals surface area contributed by atoms with Gasteiger partial charge in [0.2, 0.25) is 11.8 Å². The van der Waals surface area contributed by atoms with Gasteiger partial charge in [0.05, 0.1) is 19.8 Å². The van der Waals surface area contributed by atoms with Crippen molar-refractivity contribution in [1.29, 1.82) is 0 Å². The second kappa shape index (κ2) is 7.74. The van der Waals surface area contributed by atoms with Gasteiger partial charge in [-0.2, -0.15) is 0 Å². The number of hydrogen-bond donors (Lipinski definition) is 2. The minimum Gasteiger partial charge on any atom is -0.494 e. The van der Waals surface area contributed by atoms with Crippen LogP contribution >= 0.6 is 0 Å². The summed E-state index contributed by atoms with van der Waals surface area (Å²) in [6.45, 7) is 2.40. The minimum absolute atomic E-state index is 0.0290. The van der Waals surface area contributed by atoms with E-state index in [0.29, 0.717) is 18.8 Å². The van der Waals surface area contributed by atoms with Crippen molar-refractivity contribution in [1.82, 2.24) is 14.8 Å². The Kier molecular flexibility index (Phi) is 4.90. The van der Waals surface area contributed by atoms with Crippen LogP contribution in [0.4, 0.5) is 0 Å². The Hall–Kier alpha value is -3.32. The first-order valence-electron chi connectivity index (χ1n) is 10.7. The highest BCUT2D eigenvalue weighted by Gasteiger charge is 2.48. The largest absolute Gasteiger partial charge is 0.494 e. The van der Waals surface area contributed by atoms with E-state index in [1.807, 2.05) is 55.5 Å². The van der Waals surface area contributed by atoms with Crippen molar-refractivity contribution in [3.05, 3.63) is 65.4 Å². The number of nitrogens with zero attached hydrogens (tertiary/aromatic N) is 2. The molecule has 0 unspecified atom stereocenters. The lowest BCUT2D eigenvalue weighted by molar-refractivity contribution is -0.159. The molecule has 160 valence electrons.